The van der Waals surface area contributed by atoms with Gasteiger partial charge in [0.2, 0.25) is 5.91 Å². The first-order chi connectivity index (χ1) is 7.84. The molecule has 0 atom stereocenters. The first kappa shape index (κ1) is 10.4. The number of amides is 1. The second kappa shape index (κ2) is 5.12. The molecule has 2 heteroatoms. The molecule has 2 nitrogen and oxygen atoms in total. The van der Waals surface area contributed by atoms with Gasteiger partial charge in [0.1, 0.15) is 0 Å². The van der Waals surface area contributed by atoms with E-state index < -0.39 is 0 Å². The predicted octanol–water partition coefficient (Wildman–Crippen LogP) is 2.67. The van der Waals surface area contributed by atoms with E-state index in [9.17, 15) is 4.79 Å². The number of carbonyl (C=O) groups is 1. The Labute approximate surface area is 94.9 Å². The average Bonchev–Trinajstić information content (AvgIpc) is 2.31. The van der Waals surface area contributed by atoms with Crippen LogP contribution in [0.4, 0.5) is 5.69 Å². The smallest absolute Gasteiger partial charge is 0.228 e. The third-order valence-electron chi connectivity index (χ3n) is 2.20. The molecule has 2 rings (SSSR count). The number of anilines is 1. The van der Waals surface area contributed by atoms with E-state index in [0.29, 0.717) is 6.42 Å². The number of rotatable bonds is 3. The van der Waals surface area contributed by atoms with Gasteiger partial charge in [0.15, 0.2) is 0 Å². The largest absolute Gasteiger partial charge is 0.326 e. The highest BCUT2D eigenvalue weighted by atomic mass is 16.1. The van der Waals surface area contributed by atoms with Gasteiger partial charge in [-0.05, 0) is 23.8 Å². The van der Waals surface area contributed by atoms with Gasteiger partial charge in [-0.15, -0.1) is 0 Å². The Morgan fingerprint density at radius 1 is 1.12 bits per heavy atom. The van der Waals surface area contributed by atoms with Gasteiger partial charge in [0, 0.05) is 5.69 Å². The number of nitrogens with one attached hydrogen (secondary N) is 1. The molecule has 16 heavy (non-hydrogen) atoms. The highest BCUT2D eigenvalue weighted by Gasteiger charge is 2.02. The van der Waals surface area contributed by atoms with Crippen LogP contribution in [0.15, 0.2) is 54.6 Å². The van der Waals surface area contributed by atoms with Crippen molar-refractivity contribution in [2.24, 2.45) is 0 Å². The van der Waals surface area contributed by atoms with Crippen molar-refractivity contribution in [3.8, 4) is 0 Å². The van der Waals surface area contributed by atoms with Crippen LogP contribution < -0.4 is 5.32 Å². The maximum absolute atomic E-state index is 11.7. The van der Waals surface area contributed by atoms with E-state index in [4.69, 9.17) is 0 Å². The first-order valence-electron chi connectivity index (χ1n) is 5.14. The third kappa shape index (κ3) is 2.95. The van der Waals surface area contributed by atoms with Gasteiger partial charge >= 0.3 is 0 Å². The molecule has 2 aromatic carbocycles. The van der Waals surface area contributed by atoms with E-state index in [1.807, 2.05) is 42.5 Å². The van der Waals surface area contributed by atoms with E-state index in [0.717, 1.165) is 11.3 Å². The van der Waals surface area contributed by atoms with Crippen molar-refractivity contribution in [2.75, 3.05) is 5.32 Å². The Bertz CT molecular complexity index is 407. The molecular formula is C14H12NO. The van der Waals surface area contributed by atoms with Crippen LogP contribution >= 0.6 is 0 Å². The number of benzene rings is 2. The second-order valence-electron chi connectivity index (χ2n) is 3.50. The normalized spacial score (nSPS) is 9.75. The Balaban J connectivity index is 1.95. The molecule has 0 saturated carbocycles. The molecule has 0 bridgehead atoms. The summed E-state index contributed by atoms with van der Waals surface area (Å²) in [5.74, 6) is -0.00852. The molecule has 1 N–H and O–H groups in total. The van der Waals surface area contributed by atoms with E-state index >= 15 is 0 Å². The van der Waals surface area contributed by atoms with Crippen molar-refractivity contribution in [1.82, 2.24) is 0 Å². The summed E-state index contributed by atoms with van der Waals surface area (Å²) in [5, 5.41) is 2.82. The first-order valence-corrected chi connectivity index (χ1v) is 5.14. The summed E-state index contributed by atoms with van der Waals surface area (Å²) >= 11 is 0. The van der Waals surface area contributed by atoms with Crippen molar-refractivity contribution >= 4 is 11.6 Å². The molecule has 0 saturated heterocycles. The number of hydrogen-bond acceptors (Lipinski definition) is 1. The van der Waals surface area contributed by atoms with E-state index in [1.165, 1.54) is 0 Å². The lowest BCUT2D eigenvalue weighted by atomic mass is 10.1. The summed E-state index contributed by atoms with van der Waals surface area (Å²) in [5.41, 5.74) is 1.79. The summed E-state index contributed by atoms with van der Waals surface area (Å²) < 4.78 is 0. The van der Waals surface area contributed by atoms with Crippen LogP contribution in [0.5, 0.6) is 0 Å². The fraction of sp³-hybridized carbons (Fsp3) is 0.0714. The van der Waals surface area contributed by atoms with Gasteiger partial charge in [-0.1, -0.05) is 42.5 Å². The minimum absolute atomic E-state index is 0.00852. The molecule has 0 fully saturated rings. The molecule has 0 unspecified atom stereocenters. The molecule has 0 spiro atoms. The van der Waals surface area contributed by atoms with Gasteiger partial charge in [-0.2, -0.15) is 0 Å². The quantitative estimate of drug-likeness (QED) is 0.829. The highest BCUT2D eigenvalue weighted by molar-refractivity contribution is 5.92. The van der Waals surface area contributed by atoms with Gasteiger partial charge in [-0.25, -0.2) is 0 Å². The zero-order valence-electron chi connectivity index (χ0n) is 8.81. The lowest BCUT2D eigenvalue weighted by Gasteiger charge is -2.04. The molecule has 1 radical (unpaired) electrons. The number of carbonyl (C=O) groups excluding carboxylic acids is 1. The maximum Gasteiger partial charge on any atom is 0.228 e. The van der Waals surface area contributed by atoms with Gasteiger partial charge in [-0.3, -0.25) is 4.79 Å². The van der Waals surface area contributed by atoms with Gasteiger partial charge < -0.3 is 5.32 Å². The maximum atomic E-state index is 11.7. The van der Waals surface area contributed by atoms with E-state index in [1.54, 1.807) is 12.1 Å². The van der Waals surface area contributed by atoms with Crippen LogP contribution in [-0.2, 0) is 11.2 Å². The Kier molecular flexibility index (Phi) is 3.34. The molecule has 2 aromatic rings. The van der Waals surface area contributed by atoms with Gasteiger partial charge in [0.05, 0.1) is 6.42 Å². The molecule has 1 amide bonds. The lowest BCUT2D eigenvalue weighted by molar-refractivity contribution is -0.115. The third-order valence-corrected chi connectivity index (χ3v) is 2.20. The standard InChI is InChI=1S/C14H12NO/c16-14(11-12-7-3-1-4-8-12)15-13-9-5-2-6-10-13/h1-5,7-10H,11H2,(H,15,16). The summed E-state index contributed by atoms with van der Waals surface area (Å²) in [4.78, 5) is 11.7. The van der Waals surface area contributed by atoms with Crippen molar-refractivity contribution in [1.29, 1.82) is 0 Å². The Morgan fingerprint density at radius 2 is 1.94 bits per heavy atom. The molecular weight excluding hydrogens is 198 g/mol. The zero-order valence-corrected chi connectivity index (χ0v) is 8.81. The van der Waals surface area contributed by atoms with Crippen molar-refractivity contribution in [3.63, 3.8) is 0 Å². The minimum Gasteiger partial charge on any atom is -0.326 e. The van der Waals surface area contributed by atoms with Crippen molar-refractivity contribution < 1.29 is 4.79 Å². The summed E-state index contributed by atoms with van der Waals surface area (Å²) in [6.45, 7) is 0. The van der Waals surface area contributed by atoms with Crippen LogP contribution in [0.1, 0.15) is 5.56 Å². The van der Waals surface area contributed by atoms with Crippen molar-refractivity contribution in [2.45, 2.75) is 6.42 Å². The SMILES string of the molecule is O=C(Cc1ccccc1)Nc1c[c]ccc1. The summed E-state index contributed by atoms with van der Waals surface area (Å²) in [7, 11) is 0. The molecule has 0 aliphatic rings. The molecule has 0 aromatic heterocycles. The lowest BCUT2D eigenvalue weighted by Crippen LogP contribution is -2.14. The predicted molar refractivity (Wildman–Crippen MR) is 64.1 cm³/mol. The Hall–Kier alpha value is -2.09. The fourth-order valence-corrected chi connectivity index (χ4v) is 1.46. The summed E-state index contributed by atoms with van der Waals surface area (Å²) in [6.07, 6.45) is 0.399. The van der Waals surface area contributed by atoms with Crippen LogP contribution in [-0.4, -0.2) is 5.91 Å². The second-order valence-corrected chi connectivity index (χ2v) is 3.50. The monoisotopic (exact) mass is 210 g/mol. The average molecular weight is 210 g/mol. The fourth-order valence-electron chi connectivity index (χ4n) is 1.46. The van der Waals surface area contributed by atoms with Crippen LogP contribution in [0.25, 0.3) is 0 Å². The van der Waals surface area contributed by atoms with Crippen LogP contribution in [0, 0.1) is 6.07 Å². The molecule has 0 heterocycles. The zero-order chi connectivity index (χ0) is 11.2. The number of hydrogen-bond donors (Lipinski definition) is 1. The van der Waals surface area contributed by atoms with E-state index in [-0.39, 0.29) is 5.91 Å². The van der Waals surface area contributed by atoms with Gasteiger partial charge in [0.25, 0.3) is 0 Å². The van der Waals surface area contributed by atoms with Crippen LogP contribution in [0.2, 0.25) is 0 Å². The van der Waals surface area contributed by atoms with Crippen LogP contribution in [0.3, 0.4) is 0 Å². The minimum atomic E-state index is -0.00852. The van der Waals surface area contributed by atoms with Crippen molar-refractivity contribution in [3.05, 3.63) is 66.2 Å². The molecule has 0 aliphatic carbocycles. The summed E-state index contributed by atoms with van der Waals surface area (Å²) in [6, 6.07) is 19.8. The molecule has 79 valence electrons. The molecule has 0 aliphatic heterocycles. The topological polar surface area (TPSA) is 29.1 Å². The highest BCUT2D eigenvalue weighted by Crippen LogP contribution is 2.06. The van der Waals surface area contributed by atoms with E-state index in [2.05, 4.69) is 11.4 Å². The Morgan fingerprint density at radius 3 is 2.62 bits per heavy atom.